The summed E-state index contributed by atoms with van der Waals surface area (Å²) in [7, 11) is 0. The van der Waals surface area contributed by atoms with E-state index in [1.807, 2.05) is 18.2 Å². The molecule has 5 nitrogen and oxygen atoms in total. The molecule has 1 aliphatic heterocycles. The molecular weight excluding hydrogens is 314 g/mol. The predicted molar refractivity (Wildman–Crippen MR) is 89.9 cm³/mol. The Morgan fingerprint density at radius 2 is 2.13 bits per heavy atom. The molecule has 1 atom stereocenters. The van der Waals surface area contributed by atoms with Gasteiger partial charge in [0.05, 0.1) is 0 Å². The van der Waals surface area contributed by atoms with Crippen LogP contribution in [0.5, 0.6) is 5.75 Å². The number of carbonyl (C=O) groups excluding carboxylic acids is 1. The lowest BCUT2D eigenvalue weighted by Gasteiger charge is -2.17. The minimum Gasteiger partial charge on any atom is -0.484 e. The Hall–Kier alpha value is -2.27. The van der Waals surface area contributed by atoms with Gasteiger partial charge in [-0.1, -0.05) is 17.7 Å². The molecule has 0 radical (unpaired) electrons. The van der Waals surface area contributed by atoms with Gasteiger partial charge in [-0.2, -0.15) is 0 Å². The Balaban J connectivity index is 1.45. The SMILES string of the molecule is O=C(COc1ccc(Cl)cc1)NC1CCN(c2ccccn2)C1. The highest BCUT2D eigenvalue weighted by Gasteiger charge is 2.24. The van der Waals surface area contributed by atoms with Gasteiger partial charge in [0, 0.05) is 30.4 Å². The van der Waals surface area contributed by atoms with Crippen molar-refractivity contribution in [2.24, 2.45) is 0 Å². The number of benzene rings is 1. The molecular formula is C17H18ClN3O2. The van der Waals surface area contributed by atoms with Gasteiger partial charge in [-0.15, -0.1) is 0 Å². The Kier molecular flexibility index (Phi) is 4.98. The quantitative estimate of drug-likeness (QED) is 0.914. The van der Waals surface area contributed by atoms with Gasteiger partial charge < -0.3 is 15.0 Å². The van der Waals surface area contributed by atoms with Crippen molar-refractivity contribution in [1.82, 2.24) is 10.3 Å². The van der Waals surface area contributed by atoms with Crippen molar-refractivity contribution in [3.8, 4) is 5.75 Å². The zero-order valence-corrected chi connectivity index (χ0v) is 13.4. The molecule has 0 bridgehead atoms. The highest BCUT2D eigenvalue weighted by atomic mass is 35.5. The number of nitrogens with zero attached hydrogens (tertiary/aromatic N) is 2. The number of carbonyl (C=O) groups is 1. The van der Waals surface area contributed by atoms with Gasteiger partial charge in [0.25, 0.3) is 5.91 Å². The predicted octanol–water partition coefficient (Wildman–Crippen LogP) is 2.51. The second-order valence-electron chi connectivity index (χ2n) is 5.43. The molecule has 1 unspecified atom stereocenters. The van der Waals surface area contributed by atoms with E-state index in [0.29, 0.717) is 10.8 Å². The number of ether oxygens (including phenoxy) is 1. The van der Waals surface area contributed by atoms with E-state index in [2.05, 4.69) is 15.2 Å². The molecule has 1 aliphatic rings. The third-order valence-corrected chi connectivity index (χ3v) is 3.96. The first-order valence-electron chi connectivity index (χ1n) is 7.54. The lowest BCUT2D eigenvalue weighted by molar-refractivity contribution is -0.123. The monoisotopic (exact) mass is 331 g/mol. The molecule has 120 valence electrons. The van der Waals surface area contributed by atoms with Crippen LogP contribution >= 0.6 is 11.6 Å². The number of hydrogen-bond donors (Lipinski definition) is 1. The van der Waals surface area contributed by atoms with Crippen molar-refractivity contribution < 1.29 is 9.53 Å². The van der Waals surface area contributed by atoms with Crippen LogP contribution in [0.3, 0.4) is 0 Å². The zero-order chi connectivity index (χ0) is 16.1. The Bertz CT molecular complexity index is 649. The number of halogens is 1. The lowest BCUT2D eigenvalue weighted by atomic mass is 10.2. The van der Waals surface area contributed by atoms with E-state index in [-0.39, 0.29) is 18.6 Å². The summed E-state index contributed by atoms with van der Waals surface area (Å²) in [6, 6.07) is 12.9. The minimum atomic E-state index is -0.118. The van der Waals surface area contributed by atoms with Crippen molar-refractivity contribution in [3.05, 3.63) is 53.7 Å². The van der Waals surface area contributed by atoms with Gasteiger partial charge in [0.1, 0.15) is 11.6 Å². The normalized spacial score (nSPS) is 17.1. The van der Waals surface area contributed by atoms with E-state index in [0.717, 1.165) is 25.3 Å². The van der Waals surface area contributed by atoms with Gasteiger partial charge >= 0.3 is 0 Å². The number of anilines is 1. The first kappa shape index (κ1) is 15.6. The van der Waals surface area contributed by atoms with Gasteiger partial charge in [-0.3, -0.25) is 4.79 Å². The summed E-state index contributed by atoms with van der Waals surface area (Å²) in [6.45, 7) is 1.66. The third kappa shape index (κ3) is 4.36. The summed E-state index contributed by atoms with van der Waals surface area (Å²) in [5.74, 6) is 1.46. The van der Waals surface area contributed by atoms with Crippen molar-refractivity contribution in [2.45, 2.75) is 12.5 Å². The second kappa shape index (κ2) is 7.33. The maximum Gasteiger partial charge on any atom is 0.258 e. The molecule has 6 heteroatoms. The number of amides is 1. The molecule has 1 fully saturated rings. The Labute approximate surface area is 140 Å². The number of aromatic nitrogens is 1. The van der Waals surface area contributed by atoms with Gasteiger partial charge in [-0.05, 0) is 42.8 Å². The van der Waals surface area contributed by atoms with Crippen LogP contribution in [-0.4, -0.2) is 36.6 Å². The fraction of sp³-hybridized carbons (Fsp3) is 0.294. The van der Waals surface area contributed by atoms with Crippen LogP contribution in [0.25, 0.3) is 0 Å². The van der Waals surface area contributed by atoms with E-state index >= 15 is 0 Å². The minimum absolute atomic E-state index is 0.00171. The van der Waals surface area contributed by atoms with Gasteiger partial charge in [-0.25, -0.2) is 4.98 Å². The van der Waals surface area contributed by atoms with E-state index in [9.17, 15) is 4.79 Å². The van der Waals surface area contributed by atoms with Crippen molar-refractivity contribution in [2.75, 3.05) is 24.6 Å². The van der Waals surface area contributed by atoms with Crippen LogP contribution in [0.1, 0.15) is 6.42 Å². The van der Waals surface area contributed by atoms with Crippen molar-refractivity contribution >= 4 is 23.3 Å². The molecule has 0 aliphatic carbocycles. The first-order chi connectivity index (χ1) is 11.2. The van der Waals surface area contributed by atoms with E-state index in [1.165, 1.54) is 0 Å². The molecule has 1 amide bonds. The van der Waals surface area contributed by atoms with Crippen LogP contribution < -0.4 is 15.0 Å². The topological polar surface area (TPSA) is 54.5 Å². The molecule has 1 N–H and O–H groups in total. The van der Waals surface area contributed by atoms with Crippen LogP contribution in [-0.2, 0) is 4.79 Å². The smallest absolute Gasteiger partial charge is 0.258 e. The molecule has 1 aromatic heterocycles. The van der Waals surface area contributed by atoms with Crippen LogP contribution in [0, 0.1) is 0 Å². The molecule has 1 aromatic carbocycles. The summed E-state index contributed by atoms with van der Waals surface area (Å²) in [6.07, 6.45) is 2.68. The van der Waals surface area contributed by atoms with Crippen molar-refractivity contribution in [1.29, 1.82) is 0 Å². The largest absolute Gasteiger partial charge is 0.484 e. The van der Waals surface area contributed by atoms with Crippen LogP contribution in [0.15, 0.2) is 48.7 Å². The zero-order valence-electron chi connectivity index (χ0n) is 12.6. The second-order valence-corrected chi connectivity index (χ2v) is 5.87. The standard InChI is InChI=1S/C17H18ClN3O2/c18-13-4-6-15(7-5-13)23-12-17(22)20-14-8-10-21(11-14)16-3-1-2-9-19-16/h1-7,9,14H,8,10-12H2,(H,20,22). The van der Waals surface area contributed by atoms with Gasteiger partial charge in [0.15, 0.2) is 6.61 Å². The Morgan fingerprint density at radius 3 is 2.87 bits per heavy atom. The number of hydrogen-bond acceptors (Lipinski definition) is 4. The fourth-order valence-electron chi connectivity index (χ4n) is 2.58. The van der Waals surface area contributed by atoms with Crippen LogP contribution in [0.2, 0.25) is 5.02 Å². The Morgan fingerprint density at radius 1 is 1.30 bits per heavy atom. The number of pyridine rings is 1. The maximum atomic E-state index is 12.0. The number of nitrogens with one attached hydrogen (secondary N) is 1. The van der Waals surface area contributed by atoms with Gasteiger partial charge in [0.2, 0.25) is 0 Å². The average Bonchev–Trinajstić information content (AvgIpc) is 3.04. The highest BCUT2D eigenvalue weighted by Crippen LogP contribution is 2.18. The third-order valence-electron chi connectivity index (χ3n) is 3.71. The molecule has 2 aromatic rings. The van der Waals surface area contributed by atoms with Crippen LogP contribution in [0.4, 0.5) is 5.82 Å². The molecule has 2 heterocycles. The van der Waals surface area contributed by atoms with E-state index in [4.69, 9.17) is 16.3 Å². The highest BCUT2D eigenvalue weighted by molar-refractivity contribution is 6.30. The van der Waals surface area contributed by atoms with E-state index < -0.39 is 0 Å². The summed E-state index contributed by atoms with van der Waals surface area (Å²) in [5.41, 5.74) is 0. The summed E-state index contributed by atoms with van der Waals surface area (Å²) >= 11 is 5.81. The summed E-state index contributed by atoms with van der Waals surface area (Å²) in [4.78, 5) is 18.5. The van der Waals surface area contributed by atoms with Crippen molar-refractivity contribution in [3.63, 3.8) is 0 Å². The molecule has 23 heavy (non-hydrogen) atoms. The molecule has 1 saturated heterocycles. The fourth-order valence-corrected chi connectivity index (χ4v) is 2.70. The first-order valence-corrected chi connectivity index (χ1v) is 7.92. The molecule has 0 saturated carbocycles. The molecule has 0 spiro atoms. The number of rotatable bonds is 5. The maximum absolute atomic E-state index is 12.0. The average molecular weight is 332 g/mol. The summed E-state index contributed by atoms with van der Waals surface area (Å²) in [5, 5.41) is 3.64. The van der Waals surface area contributed by atoms with E-state index in [1.54, 1.807) is 30.5 Å². The summed E-state index contributed by atoms with van der Waals surface area (Å²) < 4.78 is 5.45. The lowest BCUT2D eigenvalue weighted by Crippen LogP contribution is -2.39. The molecule has 3 rings (SSSR count).